The highest BCUT2D eigenvalue weighted by molar-refractivity contribution is 5.83. The van der Waals surface area contributed by atoms with Gasteiger partial charge in [-0.1, -0.05) is 0 Å². The van der Waals surface area contributed by atoms with Crippen molar-refractivity contribution in [2.45, 2.75) is 12.8 Å². The molecular weight excluding hydrogens is 295 g/mol. The van der Waals surface area contributed by atoms with Gasteiger partial charge in [-0.3, -0.25) is 0 Å². The number of halogens is 1. The van der Waals surface area contributed by atoms with Crippen molar-refractivity contribution < 1.29 is 9.13 Å². The normalized spacial score (nSPS) is 14.1. The lowest BCUT2D eigenvalue weighted by Crippen LogP contribution is -2.05. The number of nitrogen functional groups attached to an aromatic ring is 1. The van der Waals surface area contributed by atoms with Crippen LogP contribution in [-0.4, -0.2) is 21.6 Å². The predicted octanol–water partition coefficient (Wildman–Crippen LogP) is 3.20. The smallest absolute Gasteiger partial charge is 0.245 e. The Hall–Kier alpha value is -2.76. The first-order chi connectivity index (χ1) is 11.2. The van der Waals surface area contributed by atoms with Gasteiger partial charge in [-0.05, 0) is 55.2 Å². The van der Waals surface area contributed by atoms with Gasteiger partial charge in [0.15, 0.2) is 5.52 Å². The van der Waals surface area contributed by atoms with Crippen LogP contribution in [0, 0.1) is 11.7 Å². The van der Waals surface area contributed by atoms with Gasteiger partial charge in [-0.25, -0.2) is 14.4 Å². The molecule has 4 rings (SSSR count). The summed E-state index contributed by atoms with van der Waals surface area (Å²) in [6.45, 7) is 0.619. The minimum absolute atomic E-state index is 0.166. The second-order valence-electron chi connectivity index (χ2n) is 5.71. The Bertz CT molecular complexity index is 862. The average molecular weight is 310 g/mol. The highest BCUT2D eigenvalue weighted by atomic mass is 19.1. The molecule has 3 aromatic rings. The minimum atomic E-state index is -0.279. The fraction of sp³-hybridized carbons (Fsp3) is 0.235. The molecule has 23 heavy (non-hydrogen) atoms. The van der Waals surface area contributed by atoms with Crippen molar-refractivity contribution in [2.24, 2.45) is 5.92 Å². The van der Waals surface area contributed by atoms with Crippen molar-refractivity contribution >= 4 is 17.0 Å². The highest BCUT2D eigenvalue weighted by Crippen LogP contribution is 2.31. The Morgan fingerprint density at radius 2 is 1.83 bits per heavy atom. The van der Waals surface area contributed by atoms with E-state index in [-0.39, 0.29) is 11.8 Å². The molecule has 0 spiro atoms. The van der Waals surface area contributed by atoms with Crippen molar-refractivity contribution in [3.63, 3.8) is 0 Å². The molecule has 2 N–H and O–H groups in total. The van der Waals surface area contributed by atoms with E-state index in [1.165, 1.54) is 25.0 Å². The van der Waals surface area contributed by atoms with Crippen molar-refractivity contribution in [1.82, 2.24) is 15.0 Å². The summed E-state index contributed by atoms with van der Waals surface area (Å²) in [6.07, 6.45) is 2.37. The predicted molar refractivity (Wildman–Crippen MR) is 85.4 cm³/mol. The molecule has 5 nitrogen and oxygen atoms in total. The topological polar surface area (TPSA) is 73.9 Å². The van der Waals surface area contributed by atoms with Crippen LogP contribution >= 0.6 is 0 Å². The molecule has 0 bridgehead atoms. The van der Waals surface area contributed by atoms with E-state index in [4.69, 9.17) is 10.5 Å². The number of nitrogens with two attached hydrogens (primary N) is 1. The minimum Gasteiger partial charge on any atom is -0.476 e. The highest BCUT2D eigenvalue weighted by Gasteiger charge is 2.23. The van der Waals surface area contributed by atoms with Gasteiger partial charge in [0.2, 0.25) is 11.8 Å². The quantitative estimate of drug-likeness (QED) is 0.801. The molecule has 1 aromatic carbocycles. The number of rotatable bonds is 4. The monoisotopic (exact) mass is 310 g/mol. The molecule has 116 valence electrons. The van der Waals surface area contributed by atoms with Crippen LogP contribution in [-0.2, 0) is 0 Å². The third kappa shape index (κ3) is 2.92. The van der Waals surface area contributed by atoms with E-state index in [9.17, 15) is 4.39 Å². The molecule has 2 aromatic heterocycles. The van der Waals surface area contributed by atoms with Crippen molar-refractivity contribution in [2.75, 3.05) is 12.3 Å². The van der Waals surface area contributed by atoms with E-state index < -0.39 is 0 Å². The molecule has 1 aliphatic rings. The summed E-state index contributed by atoms with van der Waals surface area (Å²) >= 11 is 0. The number of fused-ring (bicyclic) bond motifs is 1. The van der Waals surface area contributed by atoms with E-state index in [0.29, 0.717) is 35.1 Å². The second-order valence-corrected chi connectivity index (χ2v) is 5.71. The summed E-state index contributed by atoms with van der Waals surface area (Å²) < 4.78 is 18.9. The number of pyridine rings is 1. The largest absolute Gasteiger partial charge is 0.476 e. The summed E-state index contributed by atoms with van der Waals surface area (Å²) in [5.41, 5.74) is 8.47. The molecule has 0 amide bonds. The molecule has 6 heteroatoms. The van der Waals surface area contributed by atoms with E-state index in [0.717, 1.165) is 5.56 Å². The molecule has 0 atom stereocenters. The first-order valence-electron chi connectivity index (χ1n) is 7.52. The summed E-state index contributed by atoms with van der Waals surface area (Å²) in [7, 11) is 0. The van der Waals surface area contributed by atoms with E-state index in [1.807, 2.05) is 12.1 Å². The molecule has 1 saturated carbocycles. The van der Waals surface area contributed by atoms with Crippen LogP contribution in [0.4, 0.5) is 10.3 Å². The number of benzene rings is 1. The number of hydrogen-bond acceptors (Lipinski definition) is 5. The lowest BCUT2D eigenvalue weighted by molar-refractivity contribution is 0.292. The van der Waals surface area contributed by atoms with Crippen molar-refractivity contribution in [1.29, 1.82) is 0 Å². The first kappa shape index (κ1) is 13.9. The Morgan fingerprint density at radius 3 is 2.57 bits per heavy atom. The van der Waals surface area contributed by atoms with Crippen molar-refractivity contribution in [3.05, 3.63) is 42.2 Å². The zero-order valence-electron chi connectivity index (χ0n) is 12.4. The van der Waals surface area contributed by atoms with E-state index in [2.05, 4.69) is 15.0 Å². The molecular formula is C17H15FN4O. The van der Waals surface area contributed by atoms with E-state index in [1.54, 1.807) is 12.1 Å². The summed E-state index contributed by atoms with van der Waals surface area (Å²) in [4.78, 5) is 13.0. The fourth-order valence-corrected chi connectivity index (χ4v) is 2.37. The van der Waals surface area contributed by atoms with Gasteiger partial charge in [0, 0.05) is 5.56 Å². The van der Waals surface area contributed by atoms with Crippen LogP contribution in [0.3, 0.4) is 0 Å². The molecule has 1 aliphatic carbocycles. The maximum Gasteiger partial charge on any atom is 0.245 e. The average Bonchev–Trinajstić information content (AvgIpc) is 3.37. The number of nitrogens with zero attached hydrogens (tertiary/aromatic N) is 3. The molecule has 2 heterocycles. The molecule has 0 saturated heterocycles. The van der Waals surface area contributed by atoms with Gasteiger partial charge in [-0.15, -0.1) is 0 Å². The lowest BCUT2D eigenvalue weighted by Gasteiger charge is -2.09. The number of hydrogen-bond donors (Lipinski definition) is 1. The standard InChI is InChI=1S/C17H15FN4O/c18-12-5-3-11(4-6-12)13-7-8-14-15(20-13)16(22-17(19)21-14)23-9-10-1-2-10/h3-8,10H,1-2,9H2,(H2,19,21,22). The zero-order valence-corrected chi connectivity index (χ0v) is 12.4. The Morgan fingerprint density at radius 1 is 1.04 bits per heavy atom. The number of aromatic nitrogens is 3. The Kier molecular flexibility index (Phi) is 3.29. The SMILES string of the molecule is Nc1nc(OCC2CC2)c2nc(-c3ccc(F)cc3)ccc2n1. The van der Waals surface area contributed by atoms with Crippen LogP contribution < -0.4 is 10.5 Å². The molecule has 0 radical (unpaired) electrons. The van der Waals surface area contributed by atoms with Crippen LogP contribution in [0.1, 0.15) is 12.8 Å². The van der Waals surface area contributed by atoms with Gasteiger partial charge >= 0.3 is 0 Å². The fourth-order valence-electron chi connectivity index (χ4n) is 2.37. The van der Waals surface area contributed by atoms with Crippen LogP contribution in [0.25, 0.3) is 22.3 Å². The number of ether oxygens (including phenoxy) is 1. The second kappa shape index (κ2) is 5.46. The Balaban J connectivity index is 1.77. The van der Waals surface area contributed by atoms with Crippen molar-refractivity contribution in [3.8, 4) is 17.1 Å². The van der Waals surface area contributed by atoms with Crippen LogP contribution in [0.5, 0.6) is 5.88 Å². The van der Waals surface area contributed by atoms with Gasteiger partial charge in [0.1, 0.15) is 5.82 Å². The van der Waals surface area contributed by atoms with Crippen LogP contribution in [0.15, 0.2) is 36.4 Å². The summed E-state index contributed by atoms with van der Waals surface area (Å²) in [5.74, 6) is 0.892. The summed E-state index contributed by atoms with van der Waals surface area (Å²) in [5, 5.41) is 0. The Labute approximate surface area is 132 Å². The van der Waals surface area contributed by atoms with E-state index >= 15 is 0 Å². The first-order valence-corrected chi connectivity index (χ1v) is 7.52. The van der Waals surface area contributed by atoms with Gasteiger partial charge < -0.3 is 10.5 Å². The zero-order chi connectivity index (χ0) is 15.8. The lowest BCUT2D eigenvalue weighted by atomic mass is 10.1. The van der Waals surface area contributed by atoms with Gasteiger partial charge in [-0.2, -0.15) is 4.98 Å². The maximum atomic E-state index is 13.1. The van der Waals surface area contributed by atoms with Gasteiger partial charge in [0.25, 0.3) is 0 Å². The third-order valence-electron chi connectivity index (χ3n) is 3.82. The maximum absolute atomic E-state index is 13.1. The molecule has 0 unspecified atom stereocenters. The third-order valence-corrected chi connectivity index (χ3v) is 3.82. The van der Waals surface area contributed by atoms with Crippen LogP contribution in [0.2, 0.25) is 0 Å². The van der Waals surface area contributed by atoms with Gasteiger partial charge in [0.05, 0.1) is 17.8 Å². The molecule has 1 fully saturated rings. The summed E-state index contributed by atoms with van der Waals surface area (Å²) in [6, 6.07) is 9.84. The number of anilines is 1. The molecule has 0 aliphatic heterocycles.